The van der Waals surface area contributed by atoms with Crippen molar-refractivity contribution in [2.75, 3.05) is 19.0 Å². The normalized spacial score (nSPS) is 12.7. The molecule has 0 aromatic heterocycles. The van der Waals surface area contributed by atoms with Crippen molar-refractivity contribution in [2.24, 2.45) is 0 Å². The first-order valence-electron chi connectivity index (χ1n) is 4.17. The van der Waals surface area contributed by atoms with Gasteiger partial charge in [0.2, 0.25) is 0 Å². The zero-order valence-electron chi connectivity index (χ0n) is 8.08. The van der Waals surface area contributed by atoms with Crippen molar-refractivity contribution < 1.29 is 5.11 Å². The van der Waals surface area contributed by atoms with Crippen molar-refractivity contribution >= 4 is 17.3 Å². The van der Waals surface area contributed by atoms with Gasteiger partial charge in [0.1, 0.15) is 0 Å². The standard InChI is InChI=1S/C10H14ClNO/c1-7(13)8-4-5-10(12(2)3)9(11)6-8/h4-7,13H,1-3H3. The van der Waals surface area contributed by atoms with E-state index in [4.69, 9.17) is 11.6 Å². The van der Waals surface area contributed by atoms with E-state index in [1.54, 1.807) is 13.0 Å². The third-order valence-electron chi connectivity index (χ3n) is 1.94. The quantitative estimate of drug-likeness (QED) is 0.791. The van der Waals surface area contributed by atoms with E-state index in [1.165, 1.54) is 0 Å². The second kappa shape index (κ2) is 3.99. The van der Waals surface area contributed by atoms with E-state index < -0.39 is 6.10 Å². The highest BCUT2D eigenvalue weighted by Crippen LogP contribution is 2.27. The molecule has 0 aliphatic heterocycles. The molecule has 3 heteroatoms. The Hall–Kier alpha value is -0.730. The van der Waals surface area contributed by atoms with Gasteiger partial charge in [-0.05, 0) is 24.6 Å². The van der Waals surface area contributed by atoms with Crippen LogP contribution in [0.1, 0.15) is 18.6 Å². The van der Waals surface area contributed by atoms with Crippen molar-refractivity contribution in [2.45, 2.75) is 13.0 Å². The van der Waals surface area contributed by atoms with Crippen molar-refractivity contribution in [1.29, 1.82) is 0 Å². The van der Waals surface area contributed by atoms with E-state index in [0.717, 1.165) is 11.3 Å². The van der Waals surface area contributed by atoms with E-state index in [0.29, 0.717) is 5.02 Å². The zero-order valence-corrected chi connectivity index (χ0v) is 8.84. The molecule has 0 aliphatic rings. The molecule has 1 N–H and O–H groups in total. The number of aliphatic hydroxyl groups is 1. The first kappa shape index (κ1) is 10.4. The molecular weight excluding hydrogens is 186 g/mol. The predicted octanol–water partition coefficient (Wildman–Crippen LogP) is 2.46. The van der Waals surface area contributed by atoms with Crippen LogP contribution in [0.25, 0.3) is 0 Å². The Morgan fingerprint density at radius 1 is 1.38 bits per heavy atom. The molecule has 1 unspecified atom stereocenters. The fourth-order valence-corrected chi connectivity index (χ4v) is 1.50. The molecule has 1 aromatic carbocycles. The van der Waals surface area contributed by atoms with Crippen LogP contribution in [-0.2, 0) is 0 Å². The van der Waals surface area contributed by atoms with Crippen molar-refractivity contribution in [3.05, 3.63) is 28.8 Å². The molecule has 0 spiro atoms. The van der Waals surface area contributed by atoms with E-state index in [2.05, 4.69) is 0 Å². The number of rotatable bonds is 2. The SMILES string of the molecule is CC(O)c1ccc(N(C)C)c(Cl)c1. The topological polar surface area (TPSA) is 23.5 Å². The third-order valence-corrected chi connectivity index (χ3v) is 2.24. The fraction of sp³-hybridized carbons (Fsp3) is 0.400. The number of anilines is 1. The van der Waals surface area contributed by atoms with Crippen LogP contribution in [0.2, 0.25) is 5.02 Å². The summed E-state index contributed by atoms with van der Waals surface area (Å²) in [6.07, 6.45) is -0.464. The molecule has 13 heavy (non-hydrogen) atoms. The van der Waals surface area contributed by atoms with Crippen LogP contribution < -0.4 is 4.90 Å². The van der Waals surface area contributed by atoms with Gasteiger partial charge in [0.15, 0.2) is 0 Å². The summed E-state index contributed by atoms with van der Waals surface area (Å²) in [5.74, 6) is 0. The molecule has 1 aromatic rings. The highest BCUT2D eigenvalue weighted by molar-refractivity contribution is 6.33. The molecule has 1 rings (SSSR count). The lowest BCUT2D eigenvalue weighted by molar-refractivity contribution is 0.199. The molecule has 0 radical (unpaired) electrons. The molecule has 0 aliphatic carbocycles. The van der Waals surface area contributed by atoms with Gasteiger partial charge in [-0.25, -0.2) is 0 Å². The molecule has 0 heterocycles. The number of hydrogen-bond acceptors (Lipinski definition) is 2. The van der Waals surface area contributed by atoms with Gasteiger partial charge in [-0.15, -0.1) is 0 Å². The summed E-state index contributed by atoms with van der Waals surface area (Å²) < 4.78 is 0. The summed E-state index contributed by atoms with van der Waals surface area (Å²) in [4.78, 5) is 1.94. The van der Waals surface area contributed by atoms with Gasteiger partial charge >= 0.3 is 0 Å². The number of halogens is 1. The average Bonchev–Trinajstić information content (AvgIpc) is 2.03. The maximum Gasteiger partial charge on any atom is 0.0762 e. The van der Waals surface area contributed by atoms with Gasteiger partial charge < -0.3 is 10.0 Å². The number of benzene rings is 1. The van der Waals surface area contributed by atoms with Gasteiger partial charge in [0.25, 0.3) is 0 Å². The van der Waals surface area contributed by atoms with Crippen molar-refractivity contribution in [3.8, 4) is 0 Å². The molecule has 0 saturated carbocycles. The maximum absolute atomic E-state index is 9.31. The third kappa shape index (κ3) is 2.36. The molecular formula is C10H14ClNO. The second-order valence-electron chi connectivity index (χ2n) is 3.28. The van der Waals surface area contributed by atoms with Crippen LogP contribution in [0, 0.1) is 0 Å². The zero-order chi connectivity index (χ0) is 10.0. The van der Waals surface area contributed by atoms with Crippen LogP contribution in [0.5, 0.6) is 0 Å². The van der Waals surface area contributed by atoms with Gasteiger partial charge in [-0.3, -0.25) is 0 Å². The molecule has 2 nitrogen and oxygen atoms in total. The summed E-state index contributed by atoms with van der Waals surface area (Å²) in [6.45, 7) is 1.72. The van der Waals surface area contributed by atoms with E-state index >= 15 is 0 Å². The molecule has 0 saturated heterocycles. The molecule has 0 bridgehead atoms. The van der Waals surface area contributed by atoms with Gasteiger partial charge in [-0.1, -0.05) is 17.7 Å². The van der Waals surface area contributed by atoms with Gasteiger partial charge in [0, 0.05) is 14.1 Å². The Balaban J connectivity index is 3.06. The largest absolute Gasteiger partial charge is 0.389 e. The Morgan fingerprint density at radius 2 is 2.00 bits per heavy atom. The van der Waals surface area contributed by atoms with Crippen LogP contribution in [-0.4, -0.2) is 19.2 Å². The van der Waals surface area contributed by atoms with Gasteiger partial charge in [-0.2, -0.15) is 0 Å². The van der Waals surface area contributed by atoms with Crippen LogP contribution in [0.4, 0.5) is 5.69 Å². The first-order valence-corrected chi connectivity index (χ1v) is 4.55. The van der Waals surface area contributed by atoms with Crippen molar-refractivity contribution in [3.63, 3.8) is 0 Å². The number of aliphatic hydroxyl groups excluding tert-OH is 1. The molecule has 1 atom stereocenters. The molecule has 0 amide bonds. The van der Waals surface area contributed by atoms with E-state index in [1.807, 2.05) is 31.1 Å². The Bertz CT molecular complexity index is 297. The van der Waals surface area contributed by atoms with Crippen LogP contribution >= 0.6 is 11.6 Å². The summed E-state index contributed by atoms with van der Waals surface area (Å²) in [7, 11) is 3.87. The van der Waals surface area contributed by atoms with Crippen LogP contribution in [0.15, 0.2) is 18.2 Å². The monoisotopic (exact) mass is 199 g/mol. The highest BCUT2D eigenvalue weighted by Gasteiger charge is 2.06. The van der Waals surface area contributed by atoms with Crippen molar-refractivity contribution in [1.82, 2.24) is 0 Å². The van der Waals surface area contributed by atoms with Gasteiger partial charge in [0.05, 0.1) is 16.8 Å². The minimum absolute atomic E-state index is 0.464. The summed E-state index contributed by atoms with van der Waals surface area (Å²) in [6, 6.07) is 5.58. The minimum atomic E-state index is -0.464. The molecule has 0 fully saturated rings. The minimum Gasteiger partial charge on any atom is -0.389 e. The smallest absolute Gasteiger partial charge is 0.0762 e. The molecule has 72 valence electrons. The summed E-state index contributed by atoms with van der Waals surface area (Å²) >= 11 is 6.02. The Labute approximate surface area is 83.7 Å². The fourth-order valence-electron chi connectivity index (χ4n) is 1.15. The summed E-state index contributed by atoms with van der Waals surface area (Å²) in [5.41, 5.74) is 1.81. The maximum atomic E-state index is 9.31. The highest BCUT2D eigenvalue weighted by atomic mass is 35.5. The first-order chi connectivity index (χ1) is 6.02. The Morgan fingerprint density at radius 3 is 2.38 bits per heavy atom. The van der Waals surface area contributed by atoms with E-state index in [9.17, 15) is 5.11 Å². The van der Waals surface area contributed by atoms with E-state index in [-0.39, 0.29) is 0 Å². The lowest BCUT2D eigenvalue weighted by atomic mass is 10.1. The number of nitrogens with zero attached hydrogens (tertiary/aromatic N) is 1. The predicted molar refractivity (Wildman–Crippen MR) is 56.4 cm³/mol. The second-order valence-corrected chi connectivity index (χ2v) is 3.69. The average molecular weight is 200 g/mol. The van der Waals surface area contributed by atoms with Crippen LogP contribution in [0.3, 0.4) is 0 Å². The lowest BCUT2D eigenvalue weighted by Crippen LogP contribution is -2.09. The Kier molecular flexibility index (Phi) is 3.17. The summed E-state index contributed by atoms with van der Waals surface area (Å²) in [5, 5.41) is 9.98. The number of hydrogen-bond donors (Lipinski definition) is 1. The lowest BCUT2D eigenvalue weighted by Gasteiger charge is -2.15.